The summed E-state index contributed by atoms with van der Waals surface area (Å²) < 4.78 is 33.3. The lowest BCUT2D eigenvalue weighted by molar-refractivity contribution is -0.646. The molecule has 0 unspecified atom stereocenters. The van der Waals surface area contributed by atoms with Gasteiger partial charge in [-0.3, -0.25) is 4.18 Å². The van der Waals surface area contributed by atoms with Crippen LogP contribution in [0.3, 0.4) is 0 Å². The zero-order valence-corrected chi connectivity index (χ0v) is 18.3. The smallest absolute Gasteiger partial charge is 0.217 e. The summed E-state index contributed by atoms with van der Waals surface area (Å²) in [5, 5.41) is 2.57. The fourth-order valence-corrected chi connectivity index (χ4v) is 4.24. The Hall–Kier alpha value is -2.39. The SMILES string of the molecule is COS(=O)(=O)[O-].Cc1cc(/C=C2\Sc3ccccc3N2C)[n+](C)c2ccccc12. The highest BCUT2D eigenvalue weighted by Gasteiger charge is 2.23. The van der Waals surface area contributed by atoms with Crippen molar-refractivity contribution in [3.63, 3.8) is 0 Å². The molecule has 1 aromatic heterocycles. The second-order valence-corrected chi connectivity index (χ2v) is 8.73. The molecule has 0 atom stereocenters. The maximum absolute atomic E-state index is 9.22. The van der Waals surface area contributed by atoms with E-state index in [1.54, 1.807) is 0 Å². The van der Waals surface area contributed by atoms with Gasteiger partial charge in [0.25, 0.3) is 0 Å². The fraction of sp³-hybridized carbons (Fsp3) is 0.190. The minimum atomic E-state index is -4.41. The lowest BCUT2D eigenvalue weighted by Crippen LogP contribution is -2.33. The van der Waals surface area contributed by atoms with Crippen LogP contribution in [0.5, 0.6) is 0 Å². The summed E-state index contributed by atoms with van der Waals surface area (Å²) >= 11 is 1.83. The van der Waals surface area contributed by atoms with Crippen LogP contribution in [0.4, 0.5) is 5.69 Å². The molecule has 1 aliphatic heterocycles. The van der Waals surface area contributed by atoms with E-state index in [4.69, 9.17) is 0 Å². The number of hydrogen-bond acceptors (Lipinski definition) is 6. The third-order valence-corrected chi connectivity index (χ3v) is 6.26. The van der Waals surface area contributed by atoms with Gasteiger partial charge in [0.2, 0.25) is 21.6 Å². The van der Waals surface area contributed by atoms with Crippen molar-refractivity contribution in [2.75, 3.05) is 19.1 Å². The van der Waals surface area contributed by atoms with Gasteiger partial charge in [-0.25, -0.2) is 8.42 Å². The number of anilines is 1. The van der Waals surface area contributed by atoms with Crippen molar-refractivity contribution in [1.82, 2.24) is 0 Å². The van der Waals surface area contributed by atoms with Crippen LogP contribution in [0.25, 0.3) is 17.0 Å². The van der Waals surface area contributed by atoms with Crippen molar-refractivity contribution in [3.05, 3.63) is 70.9 Å². The average Bonchev–Trinajstić information content (AvgIpc) is 3.02. The van der Waals surface area contributed by atoms with Gasteiger partial charge in [-0.2, -0.15) is 4.57 Å². The molecular formula is C21H22N2O4S2. The van der Waals surface area contributed by atoms with Gasteiger partial charge in [0, 0.05) is 35.5 Å². The zero-order valence-electron chi connectivity index (χ0n) is 16.6. The van der Waals surface area contributed by atoms with E-state index < -0.39 is 10.4 Å². The largest absolute Gasteiger partial charge is 0.726 e. The third-order valence-electron chi connectivity index (χ3n) is 4.69. The quantitative estimate of drug-likeness (QED) is 0.351. The van der Waals surface area contributed by atoms with Gasteiger partial charge in [0.05, 0.1) is 17.8 Å². The standard InChI is InChI=1S/C20H19N2S.CH4O4S/c1-14-12-15(21(2)17-9-5-4-8-16(14)17)13-20-22(3)18-10-6-7-11-19(18)23-20;1-5-6(2,3)4/h4-13H,1-3H3;1H3,(H,2,3,4)/q+1;/p-1. The third kappa shape index (κ3) is 4.79. The first-order chi connectivity index (χ1) is 13.7. The van der Waals surface area contributed by atoms with Gasteiger partial charge in [0.1, 0.15) is 7.05 Å². The summed E-state index contributed by atoms with van der Waals surface area (Å²) in [7, 11) is 0.673. The molecule has 0 amide bonds. The van der Waals surface area contributed by atoms with Gasteiger partial charge in [-0.15, -0.1) is 0 Å². The monoisotopic (exact) mass is 430 g/mol. The predicted molar refractivity (Wildman–Crippen MR) is 115 cm³/mol. The Morgan fingerprint density at radius 2 is 1.76 bits per heavy atom. The second kappa shape index (κ2) is 8.54. The van der Waals surface area contributed by atoms with Crippen molar-refractivity contribution in [2.24, 2.45) is 7.05 Å². The van der Waals surface area contributed by atoms with Gasteiger partial charge >= 0.3 is 0 Å². The highest BCUT2D eigenvalue weighted by molar-refractivity contribution is 8.03. The van der Waals surface area contributed by atoms with Gasteiger partial charge in [0.15, 0.2) is 0 Å². The summed E-state index contributed by atoms with van der Waals surface area (Å²) in [5.41, 5.74) is 5.09. The first-order valence-electron chi connectivity index (χ1n) is 8.83. The predicted octanol–water partition coefficient (Wildman–Crippen LogP) is 3.61. The first kappa shape index (κ1) is 21.3. The van der Waals surface area contributed by atoms with Crippen molar-refractivity contribution in [1.29, 1.82) is 0 Å². The van der Waals surface area contributed by atoms with Crippen LogP contribution in [0.1, 0.15) is 11.3 Å². The molecule has 6 nitrogen and oxygen atoms in total. The van der Waals surface area contributed by atoms with Crippen LogP contribution in [-0.4, -0.2) is 27.1 Å². The van der Waals surface area contributed by atoms with Crippen LogP contribution in [0.15, 0.2) is 64.5 Å². The Morgan fingerprint density at radius 3 is 2.41 bits per heavy atom. The van der Waals surface area contributed by atoms with E-state index in [2.05, 4.69) is 95.3 Å². The fourth-order valence-electron chi connectivity index (χ4n) is 3.15. The molecule has 8 heteroatoms. The molecule has 0 aliphatic carbocycles. The van der Waals surface area contributed by atoms with Gasteiger partial charge in [-0.05, 0) is 30.7 Å². The van der Waals surface area contributed by atoms with E-state index in [1.807, 2.05) is 11.8 Å². The van der Waals surface area contributed by atoms with Gasteiger partial charge in [-0.1, -0.05) is 36.0 Å². The number of thioether (sulfide) groups is 1. The van der Waals surface area contributed by atoms with Crippen LogP contribution in [-0.2, 0) is 21.6 Å². The first-order valence-corrected chi connectivity index (χ1v) is 11.0. The Kier molecular flexibility index (Phi) is 6.28. The molecular weight excluding hydrogens is 408 g/mol. The van der Waals surface area contributed by atoms with Crippen LogP contribution < -0.4 is 9.47 Å². The maximum atomic E-state index is 9.22. The number of hydrogen-bond donors (Lipinski definition) is 0. The summed E-state index contributed by atoms with van der Waals surface area (Å²) in [6.07, 6.45) is 2.28. The summed E-state index contributed by atoms with van der Waals surface area (Å²) in [6.45, 7) is 2.19. The van der Waals surface area contributed by atoms with Crippen LogP contribution >= 0.6 is 11.8 Å². The van der Waals surface area contributed by atoms with Crippen molar-refractivity contribution in [3.8, 4) is 0 Å². The highest BCUT2D eigenvalue weighted by atomic mass is 32.3. The van der Waals surface area contributed by atoms with E-state index in [0.29, 0.717) is 0 Å². The maximum Gasteiger partial charge on any atom is 0.217 e. The lowest BCUT2D eigenvalue weighted by atomic mass is 10.1. The number of pyridine rings is 1. The number of benzene rings is 2. The van der Waals surface area contributed by atoms with Crippen molar-refractivity contribution in [2.45, 2.75) is 11.8 Å². The Labute approximate surface area is 175 Å². The average molecular weight is 431 g/mol. The van der Waals surface area contributed by atoms with E-state index in [-0.39, 0.29) is 0 Å². The molecule has 0 saturated heterocycles. The number of fused-ring (bicyclic) bond motifs is 2. The molecule has 152 valence electrons. The Morgan fingerprint density at radius 1 is 1.14 bits per heavy atom. The molecule has 4 rings (SSSR count). The molecule has 3 aromatic rings. The molecule has 0 radical (unpaired) electrons. The molecule has 2 aromatic carbocycles. The molecule has 0 bridgehead atoms. The van der Waals surface area contributed by atoms with Gasteiger partial charge < -0.3 is 9.45 Å². The Balaban J connectivity index is 0.000000353. The Bertz CT molecular complexity index is 1190. The molecule has 29 heavy (non-hydrogen) atoms. The van der Waals surface area contributed by atoms with E-state index in [1.165, 1.54) is 37.8 Å². The molecule has 0 saturated carbocycles. The number of rotatable bonds is 2. The van der Waals surface area contributed by atoms with Crippen molar-refractivity contribution >= 4 is 44.8 Å². The summed E-state index contributed by atoms with van der Waals surface area (Å²) in [6, 6.07) is 19.4. The van der Waals surface area contributed by atoms with Crippen molar-refractivity contribution < 1.29 is 21.7 Å². The number of para-hydroxylation sites is 2. The molecule has 2 heterocycles. The number of nitrogens with zero attached hydrogens (tertiary/aromatic N) is 2. The number of aromatic nitrogens is 1. The van der Waals surface area contributed by atoms with E-state index in [0.717, 1.165) is 7.11 Å². The minimum absolute atomic E-state index is 0.808. The molecule has 0 fully saturated rings. The van der Waals surface area contributed by atoms with E-state index in [9.17, 15) is 13.0 Å². The summed E-state index contributed by atoms with van der Waals surface area (Å²) in [4.78, 5) is 3.59. The highest BCUT2D eigenvalue weighted by Crippen LogP contribution is 2.45. The minimum Gasteiger partial charge on any atom is -0.726 e. The molecule has 0 spiro atoms. The molecule has 1 aliphatic rings. The number of aryl methyl sites for hydroxylation is 2. The normalized spacial score (nSPS) is 14.7. The zero-order chi connectivity index (χ0) is 21.2. The van der Waals surface area contributed by atoms with Crippen LogP contribution in [0.2, 0.25) is 0 Å². The van der Waals surface area contributed by atoms with Crippen LogP contribution in [0, 0.1) is 6.92 Å². The second-order valence-electron chi connectivity index (χ2n) is 6.51. The van der Waals surface area contributed by atoms with E-state index >= 15 is 0 Å². The topological polar surface area (TPSA) is 73.5 Å². The summed E-state index contributed by atoms with van der Waals surface area (Å²) in [5.74, 6) is 0. The molecule has 0 N–H and O–H groups in total. The lowest BCUT2D eigenvalue weighted by Gasteiger charge is -2.13.